The van der Waals surface area contributed by atoms with E-state index in [9.17, 15) is 9.59 Å². The highest BCUT2D eigenvalue weighted by Crippen LogP contribution is 2.31. The van der Waals surface area contributed by atoms with E-state index in [4.69, 9.17) is 21.7 Å². The molecule has 0 heterocycles. The molecule has 9 heteroatoms. The summed E-state index contributed by atoms with van der Waals surface area (Å²) >= 11 is 8.68. The van der Waals surface area contributed by atoms with Gasteiger partial charge in [-0.1, -0.05) is 6.07 Å². The molecule has 7 nitrogen and oxygen atoms in total. The zero-order chi connectivity index (χ0) is 22.4. The minimum atomic E-state index is -0.351. The second-order valence-electron chi connectivity index (χ2n) is 7.19. The molecule has 0 radical (unpaired) electrons. The second kappa shape index (κ2) is 10.7. The van der Waals surface area contributed by atoms with Crippen LogP contribution >= 0.6 is 28.1 Å². The number of nitrogens with one attached hydrogen (secondary N) is 3. The topological polar surface area (TPSA) is 88.7 Å². The van der Waals surface area contributed by atoms with E-state index in [-0.39, 0.29) is 22.8 Å². The van der Waals surface area contributed by atoms with Crippen LogP contribution in [0.5, 0.6) is 5.75 Å². The molecule has 0 aromatic heterocycles. The Hall–Kier alpha value is -2.49. The molecule has 3 N–H and O–H groups in total. The first kappa shape index (κ1) is 23.2. The summed E-state index contributed by atoms with van der Waals surface area (Å²) in [6.45, 7) is 2.81. The largest absolute Gasteiger partial charge is 0.490 e. The van der Waals surface area contributed by atoms with Gasteiger partial charge in [-0.2, -0.15) is 0 Å². The number of carbonyl (C=O) groups excluding carboxylic acids is 2. The fourth-order valence-corrected chi connectivity index (χ4v) is 3.45. The minimum absolute atomic E-state index is 0.0383. The summed E-state index contributed by atoms with van der Waals surface area (Å²) in [5.41, 5.74) is 2.78. The zero-order valence-corrected chi connectivity index (χ0v) is 19.7. The van der Waals surface area contributed by atoms with Gasteiger partial charge in [0.25, 0.3) is 5.91 Å². The molecule has 31 heavy (non-hydrogen) atoms. The number of ether oxygens (including phenoxy) is 2. The number of thiocarbonyl (C=S) groups is 1. The molecule has 2 aromatic carbocycles. The van der Waals surface area contributed by atoms with Crippen molar-refractivity contribution in [3.63, 3.8) is 0 Å². The number of hydrogen-bond acceptors (Lipinski definition) is 5. The summed E-state index contributed by atoms with van der Waals surface area (Å²) in [6.07, 6.45) is 1.88. The fourth-order valence-electron chi connectivity index (χ4n) is 2.75. The van der Waals surface area contributed by atoms with Gasteiger partial charge in [-0.3, -0.25) is 14.9 Å². The molecule has 0 unspecified atom stereocenters. The van der Waals surface area contributed by atoms with Crippen LogP contribution in [0.15, 0.2) is 40.9 Å². The summed E-state index contributed by atoms with van der Waals surface area (Å²) < 4.78 is 11.2. The third-order valence-corrected chi connectivity index (χ3v) is 5.49. The van der Waals surface area contributed by atoms with E-state index in [1.54, 1.807) is 31.4 Å². The Morgan fingerprint density at radius 1 is 1.13 bits per heavy atom. The van der Waals surface area contributed by atoms with E-state index in [0.717, 1.165) is 24.1 Å². The SMILES string of the molecule is COCCOc1ccc(C(=O)NC(=S)Nc2ccc(C)c(NC(=O)C3CC3)c2)cc1Br. The lowest BCUT2D eigenvalue weighted by Crippen LogP contribution is -2.34. The molecular weight excluding hydrogens is 482 g/mol. The number of amides is 2. The van der Waals surface area contributed by atoms with Crippen molar-refractivity contribution < 1.29 is 19.1 Å². The second-order valence-corrected chi connectivity index (χ2v) is 8.45. The lowest BCUT2D eigenvalue weighted by Gasteiger charge is -2.14. The molecule has 0 saturated heterocycles. The van der Waals surface area contributed by atoms with Gasteiger partial charge >= 0.3 is 0 Å². The zero-order valence-electron chi connectivity index (χ0n) is 17.3. The van der Waals surface area contributed by atoms with Crippen LogP contribution < -0.4 is 20.7 Å². The van der Waals surface area contributed by atoms with Crippen molar-refractivity contribution in [3.05, 3.63) is 52.0 Å². The molecule has 1 saturated carbocycles. The van der Waals surface area contributed by atoms with E-state index >= 15 is 0 Å². The third kappa shape index (κ3) is 6.75. The standard InChI is InChI=1S/C22H24BrN3O4S/c1-13-3-7-16(12-18(13)25-20(27)14-4-5-14)24-22(31)26-21(28)15-6-8-19(17(23)11-15)30-10-9-29-2/h3,6-8,11-12,14H,4-5,9-10H2,1-2H3,(H,25,27)(H2,24,26,28,31). The van der Waals surface area contributed by atoms with Crippen LogP contribution in [0.25, 0.3) is 0 Å². The molecule has 1 aliphatic rings. The maximum Gasteiger partial charge on any atom is 0.257 e. The predicted molar refractivity (Wildman–Crippen MR) is 128 cm³/mol. The quantitative estimate of drug-likeness (QED) is 0.367. The number of aryl methyl sites for hydroxylation is 1. The number of rotatable bonds is 8. The van der Waals surface area contributed by atoms with Crippen LogP contribution in [0.4, 0.5) is 11.4 Å². The Morgan fingerprint density at radius 3 is 2.58 bits per heavy atom. The van der Waals surface area contributed by atoms with Crippen LogP contribution in [0.1, 0.15) is 28.8 Å². The number of hydrogen-bond donors (Lipinski definition) is 3. The Bertz CT molecular complexity index is 995. The van der Waals surface area contributed by atoms with Gasteiger partial charge in [-0.05, 0) is 83.8 Å². The summed E-state index contributed by atoms with van der Waals surface area (Å²) in [5.74, 6) is 0.426. The normalized spacial score (nSPS) is 12.7. The number of halogens is 1. The highest BCUT2D eigenvalue weighted by atomic mass is 79.9. The van der Waals surface area contributed by atoms with Gasteiger partial charge in [0.15, 0.2) is 5.11 Å². The number of methoxy groups -OCH3 is 1. The lowest BCUT2D eigenvalue weighted by molar-refractivity contribution is -0.117. The van der Waals surface area contributed by atoms with E-state index in [1.165, 1.54) is 0 Å². The van der Waals surface area contributed by atoms with E-state index in [1.807, 2.05) is 19.1 Å². The van der Waals surface area contributed by atoms with Crippen molar-refractivity contribution in [1.29, 1.82) is 0 Å². The first-order chi connectivity index (χ1) is 14.9. The van der Waals surface area contributed by atoms with Gasteiger partial charge in [-0.15, -0.1) is 0 Å². The van der Waals surface area contributed by atoms with Crippen LogP contribution in [0.3, 0.4) is 0 Å². The van der Waals surface area contributed by atoms with Crippen molar-refractivity contribution in [3.8, 4) is 5.75 Å². The van der Waals surface area contributed by atoms with Crippen LogP contribution in [-0.2, 0) is 9.53 Å². The average Bonchev–Trinajstić information content (AvgIpc) is 3.57. The highest BCUT2D eigenvalue weighted by Gasteiger charge is 2.29. The predicted octanol–water partition coefficient (Wildman–Crippen LogP) is 4.26. The Morgan fingerprint density at radius 2 is 1.90 bits per heavy atom. The van der Waals surface area contributed by atoms with Gasteiger partial charge in [0.05, 0.1) is 11.1 Å². The molecule has 164 valence electrons. The van der Waals surface area contributed by atoms with Crippen molar-refractivity contribution >= 4 is 56.4 Å². The van der Waals surface area contributed by atoms with Gasteiger partial charge in [0.2, 0.25) is 5.91 Å². The first-order valence-corrected chi connectivity index (χ1v) is 11.0. The smallest absolute Gasteiger partial charge is 0.257 e. The van der Waals surface area contributed by atoms with Gasteiger partial charge < -0.3 is 20.1 Å². The van der Waals surface area contributed by atoms with E-state index < -0.39 is 0 Å². The summed E-state index contributed by atoms with van der Waals surface area (Å²) in [4.78, 5) is 24.6. The molecule has 3 rings (SSSR count). The van der Waals surface area contributed by atoms with E-state index in [2.05, 4.69) is 31.9 Å². The molecule has 0 bridgehead atoms. The van der Waals surface area contributed by atoms with Gasteiger partial charge in [-0.25, -0.2) is 0 Å². The summed E-state index contributed by atoms with van der Waals surface area (Å²) in [5, 5.41) is 8.75. The molecule has 0 spiro atoms. The Labute approximate surface area is 195 Å². The van der Waals surface area contributed by atoms with Crippen LogP contribution in [0, 0.1) is 12.8 Å². The van der Waals surface area contributed by atoms with Crippen molar-refractivity contribution in [2.75, 3.05) is 31.0 Å². The minimum Gasteiger partial charge on any atom is -0.490 e. The van der Waals surface area contributed by atoms with Crippen LogP contribution in [0.2, 0.25) is 0 Å². The van der Waals surface area contributed by atoms with E-state index in [0.29, 0.717) is 34.7 Å². The Kier molecular flexibility index (Phi) is 8.00. The average molecular weight is 506 g/mol. The molecule has 2 aromatic rings. The van der Waals surface area contributed by atoms with Crippen molar-refractivity contribution in [2.45, 2.75) is 19.8 Å². The monoisotopic (exact) mass is 505 g/mol. The number of anilines is 2. The first-order valence-electron chi connectivity index (χ1n) is 9.82. The number of benzene rings is 2. The number of carbonyl (C=O) groups is 2. The Balaban J connectivity index is 1.58. The van der Waals surface area contributed by atoms with Gasteiger partial charge in [0, 0.05) is 30.0 Å². The summed E-state index contributed by atoms with van der Waals surface area (Å²) in [6, 6.07) is 10.6. The maximum atomic E-state index is 12.5. The summed E-state index contributed by atoms with van der Waals surface area (Å²) in [7, 11) is 1.60. The highest BCUT2D eigenvalue weighted by molar-refractivity contribution is 9.10. The van der Waals surface area contributed by atoms with Crippen molar-refractivity contribution in [2.24, 2.45) is 5.92 Å². The third-order valence-electron chi connectivity index (χ3n) is 4.67. The molecule has 0 atom stereocenters. The van der Waals surface area contributed by atoms with Crippen LogP contribution in [-0.4, -0.2) is 37.3 Å². The molecule has 0 aliphatic heterocycles. The molecule has 1 fully saturated rings. The molecular formula is C22H24BrN3O4S. The molecule has 1 aliphatic carbocycles. The molecule has 2 amide bonds. The van der Waals surface area contributed by atoms with Crippen molar-refractivity contribution in [1.82, 2.24) is 5.32 Å². The fraction of sp³-hybridized carbons (Fsp3) is 0.318. The lowest BCUT2D eigenvalue weighted by atomic mass is 10.1. The maximum absolute atomic E-state index is 12.5. The van der Waals surface area contributed by atoms with Gasteiger partial charge in [0.1, 0.15) is 12.4 Å².